The first-order valence-electron chi connectivity index (χ1n) is 6.46. The van der Waals surface area contributed by atoms with Gasteiger partial charge >= 0.3 is 0 Å². The van der Waals surface area contributed by atoms with Crippen LogP contribution in [0.2, 0.25) is 0 Å². The minimum absolute atomic E-state index is 0.166. The van der Waals surface area contributed by atoms with Crippen molar-refractivity contribution < 1.29 is 4.79 Å². The largest absolute Gasteiger partial charge is 0.307 e. The molecule has 0 amide bonds. The molecule has 1 N–H and O–H groups in total. The van der Waals surface area contributed by atoms with Crippen molar-refractivity contribution in [2.75, 3.05) is 6.54 Å². The Labute approximate surface area is 93.8 Å². The van der Waals surface area contributed by atoms with E-state index in [4.69, 9.17) is 0 Å². The number of hydrogen-bond donors (Lipinski definition) is 1. The Morgan fingerprint density at radius 2 is 2.13 bits per heavy atom. The lowest BCUT2D eigenvalue weighted by molar-refractivity contribution is -0.121. The summed E-state index contributed by atoms with van der Waals surface area (Å²) in [5, 5.41) is 3.37. The molecule has 1 fully saturated rings. The molecule has 0 radical (unpaired) electrons. The third-order valence-electron chi connectivity index (χ3n) is 3.15. The van der Waals surface area contributed by atoms with Gasteiger partial charge in [-0.1, -0.05) is 33.1 Å². The van der Waals surface area contributed by atoms with Gasteiger partial charge in [-0.25, -0.2) is 0 Å². The maximum atomic E-state index is 11.9. The van der Waals surface area contributed by atoms with Gasteiger partial charge < -0.3 is 5.32 Å². The molecule has 0 spiro atoms. The van der Waals surface area contributed by atoms with Crippen molar-refractivity contribution in [1.29, 1.82) is 0 Å². The Bertz CT molecular complexity index is 181. The van der Waals surface area contributed by atoms with Crippen molar-refractivity contribution in [2.45, 2.75) is 64.8 Å². The number of Topliss-reactive ketones (excluding diaryl/α,β-unsaturated/α-hetero) is 1. The van der Waals surface area contributed by atoms with Crippen LogP contribution in [0, 0.1) is 5.92 Å². The van der Waals surface area contributed by atoms with E-state index in [2.05, 4.69) is 19.2 Å². The van der Waals surface area contributed by atoms with Gasteiger partial charge in [-0.05, 0) is 31.7 Å². The molecule has 0 bridgehead atoms. The second kappa shape index (κ2) is 7.00. The van der Waals surface area contributed by atoms with E-state index in [1.807, 2.05) is 0 Å². The maximum Gasteiger partial charge on any atom is 0.149 e. The lowest BCUT2D eigenvalue weighted by Gasteiger charge is -2.14. The number of ketones is 1. The Balaban J connectivity index is 2.19. The van der Waals surface area contributed by atoms with E-state index >= 15 is 0 Å². The van der Waals surface area contributed by atoms with E-state index in [0.29, 0.717) is 5.78 Å². The second-order valence-electron chi connectivity index (χ2n) is 5.11. The van der Waals surface area contributed by atoms with E-state index in [1.54, 1.807) is 0 Å². The summed E-state index contributed by atoms with van der Waals surface area (Å²) >= 11 is 0. The van der Waals surface area contributed by atoms with E-state index < -0.39 is 0 Å². The summed E-state index contributed by atoms with van der Waals surface area (Å²) in [6.07, 6.45) is 7.80. The van der Waals surface area contributed by atoms with Gasteiger partial charge in [0.1, 0.15) is 5.78 Å². The standard InChI is InChI=1S/C13H25NO/c1-11(2)7-6-9-13(15)12-8-4-3-5-10-14-12/h11-12,14H,3-10H2,1-2H3. The highest BCUT2D eigenvalue weighted by atomic mass is 16.1. The van der Waals surface area contributed by atoms with E-state index in [9.17, 15) is 4.79 Å². The van der Waals surface area contributed by atoms with Gasteiger partial charge in [-0.3, -0.25) is 4.79 Å². The summed E-state index contributed by atoms with van der Waals surface area (Å²) in [6, 6.07) is 0.166. The fourth-order valence-corrected chi connectivity index (χ4v) is 2.16. The highest BCUT2D eigenvalue weighted by Gasteiger charge is 2.18. The number of carbonyl (C=O) groups is 1. The van der Waals surface area contributed by atoms with Crippen LogP contribution in [0.25, 0.3) is 0 Å². The Morgan fingerprint density at radius 3 is 2.87 bits per heavy atom. The number of hydrogen-bond acceptors (Lipinski definition) is 2. The zero-order chi connectivity index (χ0) is 11.1. The summed E-state index contributed by atoms with van der Waals surface area (Å²) < 4.78 is 0. The Morgan fingerprint density at radius 1 is 1.33 bits per heavy atom. The summed E-state index contributed by atoms with van der Waals surface area (Å²) in [5.74, 6) is 1.16. The van der Waals surface area contributed by atoms with Crippen LogP contribution in [-0.2, 0) is 4.79 Å². The molecule has 15 heavy (non-hydrogen) atoms. The molecule has 88 valence electrons. The zero-order valence-corrected chi connectivity index (χ0v) is 10.2. The van der Waals surface area contributed by atoms with Gasteiger partial charge in [0.2, 0.25) is 0 Å². The third-order valence-corrected chi connectivity index (χ3v) is 3.15. The lowest BCUT2D eigenvalue weighted by Crippen LogP contribution is -2.35. The van der Waals surface area contributed by atoms with E-state index in [1.165, 1.54) is 25.7 Å². The molecule has 1 atom stereocenters. The molecule has 1 heterocycles. The van der Waals surface area contributed by atoms with Crippen LogP contribution >= 0.6 is 0 Å². The maximum absolute atomic E-state index is 11.9. The van der Waals surface area contributed by atoms with Gasteiger partial charge in [0.25, 0.3) is 0 Å². The number of nitrogens with one attached hydrogen (secondary N) is 1. The molecular weight excluding hydrogens is 186 g/mol. The van der Waals surface area contributed by atoms with Crippen LogP contribution < -0.4 is 5.32 Å². The predicted molar refractivity (Wildman–Crippen MR) is 64.0 cm³/mol. The minimum atomic E-state index is 0.166. The SMILES string of the molecule is CC(C)CCCC(=O)C1CCCCCN1. The minimum Gasteiger partial charge on any atom is -0.307 e. The molecule has 1 rings (SSSR count). The van der Waals surface area contributed by atoms with E-state index in [0.717, 1.165) is 31.7 Å². The molecule has 0 aliphatic carbocycles. The fourth-order valence-electron chi connectivity index (χ4n) is 2.16. The topological polar surface area (TPSA) is 29.1 Å². The average Bonchev–Trinajstić information content (AvgIpc) is 2.44. The van der Waals surface area contributed by atoms with Crippen molar-refractivity contribution in [3.05, 3.63) is 0 Å². The smallest absolute Gasteiger partial charge is 0.149 e. The van der Waals surface area contributed by atoms with Crippen molar-refractivity contribution in [3.63, 3.8) is 0 Å². The van der Waals surface area contributed by atoms with Crippen LogP contribution in [-0.4, -0.2) is 18.4 Å². The monoisotopic (exact) mass is 211 g/mol. The molecule has 1 aliphatic heterocycles. The van der Waals surface area contributed by atoms with Gasteiger partial charge in [-0.15, -0.1) is 0 Å². The quantitative estimate of drug-likeness (QED) is 0.757. The first kappa shape index (κ1) is 12.7. The Kier molecular flexibility index (Phi) is 5.92. The molecule has 1 saturated heterocycles. The first-order chi connectivity index (χ1) is 7.20. The molecule has 0 aromatic rings. The highest BCUT2D eigenvalue weighted by Crippen LogP contribution is 2.13. The number of rotatable bonds is 5. The molecular formula is C13H25NO. The normalized spacial score (nSPS) is 22.7. The zero-order valence-electron chi connectivity index (χ0n) is 10.2. The molecule has 0 aromatic heterocycles. The summed E-state index contributed by atoms with van der Waals surface area (Å²) in [6.45, 7) is 5.46. The molecule has 0 aromatic carbocycles. The molecule has 2 nitrogen and oxygen atoms in total. The van der Waals surface area contributed by atoms with Crippen LogP contribution in [0.3, 0.4) is 0 Å². The molecule has 2 heteroatoms. The van der Waals surface area contributed by atoms with Crippen LogP contribution in [0.1, 0.15) is 58.8 Å². The predicted octanol–water partition coefficient (Wildman–Crippen LogP) is 2.91. The van der Waals surface area contributed by atoms with Gasteiger partial charge in [0.15, 0.2) is 0 Å². The van der Waals surface area contributed by atoms with Crippen LogP contribution in [0.4, 0.5) is 0 Å². The molecule has 0 saturated carbocycles. The van der Waals surface area contributed by atoms with Crippen molar-refractivity contribution in [3.8, 4) is 0 Å². The molecule has 1 unspecified atom stereocenters. The van der Waals surface area contributed by atoms with Crippen molar-refractivity contribution in [2.24, 2.45) is 5.92 Å². The van der Waals surface area contributed by atoms with Gasteiger partial charge in [0.05, 0.1) is 6.04 Å². The summed E-state index contributed by atoms with van der Waals surface area (Å²) in [5.41, 5.74) is 0. The van der Waals surface area contributed by atoms with Gasteiger partial charge in [-0.2, -0.15) is 0 Å². The van der Waals surface area contributed by atoms with Crippen LogP contribution in [0.5, 0.6) is 0 Å². The summed E-state index contributed by atoms with van der Waals surface area (Å²) in [7, 11) is 0. The van der Waals surface area contributed by atoms with Crippen LogP contribution in [0.15, 0.2) is 0 Å². The van der Waals surface area contributed by atoms with Gasteiger partial charge in [0, 0.05) is 6.42 Å². The van der Waals surface area contributed by atoms with E-state index in [-0.39, 0.29) is 6.04 Å². The first-order valence-corrected chi connectivity index (χ1v) is 6.46. The average molecular weight is 211 g/mol. The van der Waals surface area contributed by atoms with Crippen molar-refractivity contribution >= 4 is 5.78 Å². The van der Waals surface area contributed by atoms with Crippen molar-refractivity contribution in [1.82, 2.24) is 5.32 Å². The highest BCUT2D eigenvalue weighted by molar-refractivity contribution is 5.83. The number of carbonyl (C=O) groups excluding carboxylic acids is 1. The Hall–Kier alpha value is -0.370. The third kappa shape index (κ3) is 5.31. The fraction of sp³-hybridized carbons (Fsp3) is 0.923. The molecule has 1 aliphatic rings. The lowest BCUT2D eigenvalue weighted by atomic mass is 9.99. The summed E-state index contributed by atoms with van der Waals surface area (Å²) in [4.78, 5) is 11.9. The second-order valence-corrected chi connectivity index (χ2v) is 5.11.